The Morgan fingerprint density at radius 1 is 1.20 bits per heavy atom. The van der Waals surface area contributed by atoms with E-state index in [9.17, 15) is 13.2 Å². The molecule has 0 aliphatic carbocycles. The summed E-state index contributed by atoms with van der Waals surface area (Å²) in [5.41, 5.74) is 1.63. The number of carbonyl (C=O) groups is 1. The number of rotatable bonds is 6. The van der Waals surface area contributed by atoms with Crippen molar-refractivity contribution in [3.8, 4) is 0 Å². The molecule has 1 heterocycles. The van der Waals surface area contributed by atoms with Gasteiger partial charge >= 0.3 is 0 Å². The third-order valence-electron chi connectivity index (χ3n) is 2.82. The number of benzene rings is 1. The fraction of sp³-hybridized carbons (Fsp3) is 0.214. The molecule has 20 heavy (non-hydrogen) atoms. The van der Waals surface area contributed by atoms with Crippen LogP contribution in [0.4, 0.5) is 0 Å². The van der Waals surface area contributed by atoms with Crippen LogP contribution in [0.3, 0.4) is 0 Å². The van der Waals surface area contributed by atoms with Gasteiger partial charge in [-0.05, 0) is 30.5 Å². The van der Waals surface area contributed by atoms with E-state index in [1.54, 1.807) is 35.7 Å². The summed E-state index contributed by atoms with van der Waals surface area (Å²) in [5, 5.41) is 3.58. The van der Waals surface area contributed by atoms with Crippen LogP contribution in [-0.4, -0.2) is 20.7 Å². The first-order valence-electron chi connectivity index (χ1n) is 6.11. The number of hydrogen-bond donors (Lipinski definition) is 1. The molecule has 0 saturated carbocycles. The van der Waals surface area contributed by atoms with E-state index in [4.69, 9.17) is 0 Å². The van der Waals surface area contributed by atoms with Crippen molar-refractivity contribution in [3.63, 3.8) is 0 Å². The number of Topliss-reactive ketones (excluding diaryl/α,β-unsaturated/α-hetero) is 1. The molecule has 0 unspecified atom stereocenters. The van der Waals surface area contributed by atoms with Crippen LogP contribution in [0.15, 0.2) is 46.0 Å². The lowest BCUT2D eigenvalue weighted by atomic mass is 10.2. The molecular formula is C14H15NO3S2. The van der Waals surface area contributed by atoms with Gasteiger partial charge in [0.25, 0.3) is 0 Å². The molecule has 0 radical (unpaired) electrons. The molecule has 1 aromatic carbocycles. The van der Waals surface area contributed by atoms with E-state index in [1.807, 2.05) is 12.3 Å². The molecule has 0 amide bonds. The minimum absolute atomic E-state index is 0.0575. The zero-order chi connectivity index (χ0) is 14.6. The van der Waals surface area contributed by atoms with Crippen molar-refractivity contribution in [2.75, 3.05) is 6.54 Å². The van der Waals surface area contributed by atoms with Gasteiger partial charge < -0.3 is 0 Å². The van der Waals surface area contributed by atoms with Gasteiger partial charge in [0.2, 0.25) is 10.0 Å². The van der Waals surface area contributed by atoms with Crippen LogP contribution in [0.1, 0.15) is 22.3 Å². The predicted molar refractivity (Wildman–Crippen MR) is 79.6 cm³/mol. The average Bonchev–Trinajstić information content (AvgIpc) is 2.93. The van der Waals surface area contributed by atoms with Crippen LogP contribution in [-0.2, 0) is 10.0 Å². The fourth-order valence-corrected chi connectivity index (χ4v) is 3.36. The molecular weight excluding hydrogens is 294 g/mol. The second kappa shape index (κ2) is 6.30. The zero-order valence-electron chi connectivity index (χ0n) is 11.0. The highest BCUT2D eigenvalue weighted by Gasteiger charge is 2.14. The van der Waals surface area contributed by atoms with Crippen LogP contribution in [0.2, 0.25) is 0 Å². The number of nitrogens with one attached hydrogen (secondary N) is 1. The van der Waals surface area contributed by atoms with E-state index >= 15 is 0 Å². The molecule has 0 spiro atoms. The van der Waals surface area contributed by atoms with E-state index in [1.165, 1.54) is 11.3 Å². The second-order valence-corrected chi connectivity index (χ2v) is 6.94. The van der Waals surface area contributed by atoms with Gasteiger partial charge in [-0.2, -0.15) is 11.3 Å². The van der Waals surface area contributed by atoms with Gasteiger partial charge in [-0.25, -0.2) is 13.1 Å². The van der Waals surface area contributed by atoms with E-state index < -0.39 is 10.0 Å². The summed E-state index contributed by atoms with van der Waals surface area (Å²) in [6.07, 6.45) is 0.155. The third-order valence-corrected chi connectivity index (χ3v) is 4.98. The maximum atomic E-state index is 12.0. The Hall–Kier alpha value is -1.50. The molecule has 0 aliphatic heterocycles. The monoisotopic (exact) mass is 309 g/mol. The van der Waals surface area contributed by atoms with E-state index in [2.05, 4.69) is 4.72 Å². The minimum atomic E-state index is -3.54. The maximum absolute atomic E-state index is 12.0. The van der Waals surface area contributed by atoms with Crippen LogP contribution in [0.25, 0.3) is 0 Å². The van der Waals surface area contributed by atoms with Crippen molar-refractivity contribution in [3.05, 3.63) is 52.2 Å². The van der Waals surface area contributed by atoms with Crippen LogP contribution in [0.5, 0.6) is 0 Å². The standard InChI is InChI=1S/C14H15NO3S2/c1-11-2-4-13(5-3-11)20(17,18)15-8-6-14(16)12-7-9-19-10-12/h2-5,7,9-10,15H,6,8H2,1H3. The van der Waals surface area contributed by atoms with E-state index in [-0.39, 0.29) is 23.6 Å². The molecule has 0 fully saturated rings. The summed E-state index contributed by atoms with van der Waals surface area (Å²) in [6, 6.07) is 8.33. The van der Waals surface area contributed by atoms with Gasteiger partial charge in [-0.3, -0.25) is 4.79 Å². The molecule has 1 aromatic heterocycles. The Bertz CT molecular complexity index is 674. The van der Waals surface area contributed by atoms with Crippen LogP contribution < -0.4 is 4.72 Å². The summed E-state index contributed by atoms with van der Waals surface area (Å²) in [6.45, 7) is 1.99. The largest absolute Gasteiger partial charge is 0.294 e. The quantitative estimate of drug-likeness (QED) is 0.834. The highest BCUT2D eigenvalue weighted by atomic mass is 32.2. The SMILES string of the molecule is Cc1ccc(S(=O)(=O)NCCC(=O)c2ccsc2)cc1. The van der Waals surface area contributed by atoms with Crippen molar-refractivity contribution in [1.29, 1.82) is 0 Å². The lowest BCUT2D eigenvalue weighted by Gasteiger charge is -2.06. The third kappa shape index (κ3) is 3.75. The van der Waals surface area contributed by atoms with E-state index in [0.29, 0.717) is 5.56 Å². The normalized spacial score (nSPS) is 11.4. The summed E-state index contributed by atoms with van der Waals surface area (Å²) < 4.78 is 26.4. The first-order valence-corrected chi connectivity index (χ1v) is 8.53. The van der Waals surface area contributed by atoms with Gasteiger partial charge in [0.05, 0.1) is 4.90 Å². The number of ketones is 1. The van der Waals surface area contributed by atoms with Gasteiger partial charge in [0.15, 0.2) is 5.78 Å². The summed E-state index contributed by atoms with van der Waals surface area (Å²) in [4.78, 5) is 12.0. The number of sulfonamides is 1. The van der Waals surface area contributed by atoms with Crippen molar-refractivity contribution < 1.29 is 13.2 Å². The van der Waals surface area contributed by atoms with Crippen LogP contribution in [0, 0.1) is 6.92 Å². The first kappa shape index (κ1) is 14.9. The highest BCUT2D eigenvalue weighted by Crippen LogP contribution is 2.11. The van der Waals surface area contributed by atoms with Gasteiger partial charge in [0, 0.05) is 23.9 Å². The Kier molecular flexibility index (Phi) is 4.69. The number of thiophene rings is 1. The predicted octanol–water partition coefficient (Wildman–Crippen LogP) is 2.61. The smallest absolute Gasteiger partial charge is 0.240 e. The molecule has 0 bridgehead atoms. The molecule has 106 valence electrons. The molecule has 6 heteroatoms. The molecule has 0 saturated heterocycles. The number of hydrogen-bond acceptors (Lipinski definition) is 4. The second-order valence-electron chi connectivity index (χ2n) is 4.40. The zero-order valence-corrected chi connectivity index (χ0v) is 12.6. The highest BCUT2D eigenvalue weighted by molar-refractivity contribution is 7.89. The molecule has 0 aliphatic rings. The number of aryl methyl sites for hydroxylation is 1. The summed E-state index contributed by atoms with van der Waals surface area (Å²) in [5.74, 6) is -0.0575. The Labute approximate surface area is 122 Å². The molecule has 1 N–H and O–H groups in total. The Morgan fingerprint density at radius 2 is 1.90 bits per heavy atom. The van der Waals surface area contributed by atoms with Gasteiger partial charge in [-0.15, -0.1) is 0 Å². The fourth-order valence-electron chi connectivity index (χ4n) is 1.67. The van der Waals surface area contributed by atoms with Crippen molar-refractivity contribution in [2.45, 2.75) is 18.2 Å². The molecule has 4 nitrogen and oxygen atoms in total. The topological polar surface area (TPSA) is 63.2 Å². The van der Waals surface area contributed by atoms with Gasteiger partial charge in [0.1, 0.15) is 0 Å². The molecule has 2 rings (SSSR count). The Morgan fingerprint density at radius 3 is 2.50 bits per heavy atom. The lowest BCUT2D eigenvalue weighted by molar-refractivity contribution is 0.0985. The van der Waals surface area contributed by atoms with Crippen molar-refractivity contribution in [1.82, 2.24) is 4.72 Å². The van der Waals surface area contributed by atoms with Gasteiger partial charge in [-0.1, -0.05) is 17.7 Å². The summed E-state index contributed by atoms with van der Waals surface area (Å²) in [7, 11) is -3.54. The average molecular weight is 309 g/mol. The van der Waals surface area contributed by atoms with Crippen LogP contribution >= 0.6 is 11.3 Å². The van der Waals surface area contributed by atoms with E-state index in [0.717, 1.165) is 5.56 Å². The Balaban J connectivity index is 1.93. The summed E-state index contributed by atoms with van der Waals surface area (Å²) >= 11 is 1.45. The maximum Gasteiger partial charge on any atom is 0.240 e. The van der Waals surface area contributed by atoms with Crippen molar-refractivity contribution >= 4 is 27.1 Å². The first-order chi connectivity index (χ1) is 9.49. The molecule has 2 aromatic rings. The number of carbonyl (C=O) groups excluding carboxylic acids is 1. The lowest BCUT2D eigenvalue weighted by Crippen LogP contribution is -2.26. The molecule has 0 atom stereocenters. The minimum Gasteiger partial charge on any atom is -0.294 e. The van der Waals surface area contributed by atoms with Crippen molar-refractivity contribution in [2.24, 2.45) is 0 Å².